The third-order valence-corrected chi connectivity index (χ3v) is 2.53. The molecule has 0 saturated heterocycles. The minimum atomic E-state index is -0.0406. The zero-order valence-electron chi connectivity index (χ0n) is 9.86. The minimum absolute atomic E-state index is 0.0406. The maximum absolute atomic E-state index is 11.9. The van der Waals surface area contributed by atoms with E-state index in [9.17, 15) is 4.79 Å². The van der Waals surface area contributed by atoms with Crippen LogP contribution in [0.3, 0.4) is 0 Å². The van der Waals surface area contributed by atoms with Crippen LogP contribution >= 0.6 is 0 Å². The average molecular weight is 220 g/mol. The highest BCUT2D eigenvalue weighted by Crippen LogP contribution is 2.31. The van der Waals surface area contributed by atoms with Crippen LogP contribution in [0.25, 0.3) is 0 Å². The van der Waals surface area contributed by atoms with Gasteiger partial charge in [-0.15, -0.1) is 0 Å². The molecule has 0 atom stereocenters. The first-order valence-corrected chi connectivity index (χ1v) is 5.43. The van der Waals surface area contributed by atoms with Crippen LogP contribution in [0.5, 0.6) is 5.75 Å². The van der Waals surface area contributed by atoms with Gasteiger partial charge >= 0.3 is 0 Å². The molecule has 16 heavy (non-hydrogen) atoms. The van der Waals surface area contributed by atoms with Crippen molar-refractivity contribution in [1.29, 1.82) is 0 Å². The van der Waals surface area contributed by atoms with Crippen LogP contribution in [-0.2, 0) is 0 Å². The zero-order valence-corrected chi connectivity index (χ0v) is 9.86. The van der Waals surface area contributed by atoms with E-state index in [1.165, 1.54) is 0 Å². The van der Waals surface area contributed by atoms with Gasteiger partial charge in [0.1, 0.15) is 0 Å². The van der Waals surface area contributed by atoms with Gasteiger partial charge in [-0.2, -0.15) is 0 Å². The van der Waals surface area contributed by atoms with Crippen molar-refractivity contribution in [3.8, 4) is 5.75 Å². The largest absolute Gasteiger partial charge is 0.488 e. The van der Waals surface area contributed by atoms with Gasteiger partial charge in [0, 0.05) is 20.3 Å². The quantitative estimate of drug-likeness (QED) is 0.777. The minimum Gasteiger partial charge on any atom is -0.488 e. The molecule has 0 unspecified atom stereocenters. The van der Waals surface area contributed by atoms with E-state index in [4.69, 9.17) is 4.74 Å². The number of rotatable bonds is 3. The number of hydrogen-bond donors (Lipinski definition) is 0. The molecule has 2 rings (SSSR count). The van der Waals surface area contributed by atoms with Crippen molar-refractivity contribution in [2.24, 2.45) is 0 Å². The van der Waals surface area contributed by atoms with Crippen LogP contribution in [0.4, 0.5) is 0 Å². The Bertz CT molecular complexity index is 411. The molecule has 1 aliphatic carbocycles. The van der Waals surface area contributed by atoms with Crippen molar-refractivity contribution >= 4 is 5.91 Å². The third kappa shape index (κ3) is 2.15. The Morgan fingerprint density at radius 2 is 2.19 bits per heavy atom. The zero-order chi connectivity index (χ0) is 11.7. The Morgan fingerprint density at radius 1 is 1.50 bits per heavy atom. The molecule has 86 valence electrons. The maximum Gasteiger partial charge on any atom is 0.257 e. The second-order valence-electron chi connectivity index (χ2n) is 4.29. The fourth-order valence-electron chi connectivity index (χ4n) is 1.46. The maximum atomic E-state index is 11.9. The molecule has 1 fully saturated rings. The predicted molar refractivity (Wildman–Crippen MR) is 60.6 cm³/mol. The van der Waals surface area contributed by atoms with E-state index in [1.807, 2.05) is 6.92 Å². The molecule has 1 aromatic heterocycles. The smallest absolute Gasteiger partial charge is 0.257 e. The van der Waals surface area contributed by atoms with Gasteiger partial charge in [-0.3, -0.25) is 9.78 Å². The lowest BCUT2D eigenvalue weighted by atomic mass is 10.2. The summed E-state index contributed by atoms with van der Waals surface area (Å²) in [5.74, 6) is 0.602. The van der Waals surface area contributed by atoms with E-state index in [-0.39, 0.29) is 12.0 Å². The molecular formula is C12H16N2O2. The van der Waals surface area contributed by atoms with Crippen molar-refractivity contribution in [2.75, 3.05) is 14.1 Å². The van der Waals surface area contributed by atoms with Gasteiger partial charge in [0.15, 0.2) is 5.75 Å². The number of pyridine rings is 1. The fourth-order valence-corrected chi connectivity index (χ4v) is 1.46. The summed E-state index contributed by atoms with van der Waals surface area (Å²) < 4.78 is 5.75. The van der Waals surface area contributed by atoms with Crippen molar-refractivity contribution in [3.05, 3.63) is 23.5 Å². The molecule has 0 aliphatic heterocycles. The van der Waals surface area contributed by atoms with Gasteiger partial charge in [-0.25, -0.2) is 0 Å². The Kier molecular flexibility index (Phi) is 2.81. The Hall–Kier alpha value is -1.58. The summed E-state index contributed by atoms with van der Waals surface area (Å²) >= 11 is 0. The number of aryl methyl sites for hydroxylation is 1. The summed E-state index contributed by atoms with van der Waals surface area (Å²) in [5.41, 5.74) is 1.38. The molecule has 0 N–H and O–H groups in total. The standard InChI is InChI=1S/C12H16N2O2/c1-8-11(16-9-4-5-9)10(6-7-13-8)12(15)14(2)3/h6-7,9H,4-5H2,1-3H3. The van der Waals surface area contributed by atoms with Gasteiger partial charge in [0.2, 0.25) is 0 Å². The van der Waals surface area contributed by atoms with Crippen molar-refractivity contribution in [3.63, 3.8) is 0 Å². The third-order valence-electron chi connectivity index (χ3n) is 2.53. The molecule has 1 aliphatic rings. The Balaban J connectivity index is 2.34. The summed E-state index contributed by atoms with van der Waals surface area (Å²) in [4.78, 5) is 17.7. The van der Waals surface area contributed by atoms with E-state index < -0.39 is 0 Å². The molecule has 4 heteroatoms. The molecule has 1 aromatic rings. The van der Waals surface area contributed by atoms with Crippen LogP contribution in [0.15, 0.2) is 12.3 Å². The molecule has 0 aromatic carbocycles. The van der Waals surface area contributed by atoms with Crippen molar-refractivity contribution in [1.82, 2.24) is 9.88 Å². The Labute approximate surface area is 95.2 Å². The molecule has 1 heterocycles. The lowest BCUT2D eigenvalue weighted by molar-refractivity contribution is 0.0822. The van der Waals surface area contributed by atoms with Crippen molar-refractivity contribution in [2.45, 2.75) is 25.9 Å². The number of aromatic nitrogens is 1. The van der Waals surface area contributed by atoms with Crippen LogP contribution < -0.4 is 4.74 Å². The Morgan fingerprint density at radius 3 is 2.75 bits per heavy atom. The van der Waals surface area contributed by atoms with Gasteiger partial charge in [0.05, 0.1) is 17.4 Å². The van der Waals surface area contributed by atoms with E-state index in [0.29, 0.717) is 11.3 Å². The number of hydrogen-bond acceptors (Lipinski definition) is 3. The first-order valence-electron chi connectivity index (χ1n) is 5.43. The van der Waals surface area contributed by atoms with Gasteiger partial charge in [-0.1, -0.05) is 0 Å². The van der Waals surface area contributed by atoms with Crippen LogP contribution in [0.1, 0.15) is 28.9 Å². The highest BCUT2D eigenvalue weighted by atomic mass is 16.5. The van der Waals surface area contributed by atoms with Crippen LogP contribution in [-0.4, -0.2) is 36.0 Å². The molecule has 1 amide bonds. The van der Waals surface area contributed by atoms with E-state index in [0.717, 1.165) is 18.5 Å². The number of ether oxygens (including phenoxy) is 1. The predicted octanol–water partition coefficient (Wildman–Crippen LogP) is 1.63. The highest BCUT2D eigenvalue weighted by molar-refractivity contribution is 5.96. The molecule has 0 radical (unpaired) electrons. The van der Waals surface area contributed by atoms with Crippen LogP contribution in [0.2, 0.25) is 0 Å². The number of nitrogens with zero attached hydrogens (tertiary/aromatic N) is 2. The second-order valence-corrected chi connectivity index (χ2v) is 4.29. The van der Waals surface area contributed by atoms with Crippen LogP contribution in [0, 0.1) is 6.92 Å². The van der Waals surface area contributed by atoms with Gasteiger partial charge in [0.25, 0.3) is 5.91 Å². The molecular weight excluding hydrogens is 204 g/mol. The second kappa shape index (κ2) is 4.12. The van der Waals surface area contributed by atoms with E-state index in [1.54, 1.807) is 31.3 Å². The molecule has 4 nitrogen and oxygen atoms in total. The van der Waals surface area contributed by atoms with E-state index in [2.05, 4.69) is 4.98 Å². The highest BCUT2D eigenvalue weighted by Gasteiger charge is 2.27. The van der Waals surface area contributed by atoms with Gasteiger partial charge < -0.3 is 9.64 Å². The summed E-state index contributed by atoms with van der Waals surface area (Å²) in [6, 6.07) is 1.72. The first kappa shape index (κ1) is 10.9. The SMILES string of the molecule is Cc1nccc(C(=O)N(C)C)c1OC1CC1. The van der Waals surface area contributed by atoms with Gasteiger partial charge in [-0.05, 0) is 25.8 Å². The average Bonchev–Trinajstić information content (AvgIpc) is 3.03. The summed E-state index contributed by atoms with van der Waals surface area (Å²) in [5, 5.41) is 0. The lowest BCUT2D eigenvalue weighted by Crippen LogP contribution is -2.23. The lowest BCUT2D eigenvalue weighted by Gasteiger charge is -2.15. The fraction of sp³-hybridized carbons (Fsp3) is 0.500. The molecule has 0 spiro atoms. The van der Waals surface area contributed by atoms with E-state index >= 15 is 0 Å². The monoisotopic (exact) mass is 220 g/mol. The molecule has 1 saturated carbocycles. The van der Waals surface area contributed by atoms with Crippen molar-refractivity contribution < 1.29 is 9.53 Å². The first-order chi connectivity index (χ1) is 7.59. The number of amides is 1. The molecule has 0 bridgehead atoms. The normalized spacial score (nSPS) is 14.7. The number of carbonyl (C=O) groups is 1. The summed E-state index contributed by atoms with van der Waals surface area (Å²) in [6.07, 6.45) is 4.07. The summed E-state index contributed by atoms with van der Waals surface area (Å²) in [6.45, 7) is 1.87. The summed E-state index contributed by atoms with van der Waals surface area (Å²) in [7, 11) is 3.47. The number of carbonyl (C=O) groups excluding carboxylic acids is 1. The topological polar surface area (TPSA) is 42.4 Å².